The first-order chi connectivity index (χ1) is 11.2. The monoisotopic (exact) mass is 334 g/mol. The van der Waals surface area contributed by atoms with Crippen molar-refractivity contribution in [1.82, 2.24) is 0 Å². The summed E-state index contributed by atoms with van der Waals surface area (Å²) >= 11 is 0. The number of halogens is 1. The molecule has 4 heteroatoms. The Bertz CT molecular complexity index is 684. The molecule has 24 heavy (non-hydrogen) atoms. The summed E-state index contributed by atoms with van der Waals surface area (Å²) in [4.78, 5) is 0. The molecule has 0 aliphatic carbocycles. The third-order valence-electron chi connectivity index (χ3n) is 4.47. The summed E-state index contributed by atoms with van der Waals surface area (Å²) in [5.74, 6) is 1.09. The Labute approximate surface area is 143 Å². The van der Waals surface area contributed by atoms with Crippen LogP contribution in [-0.2, 0) is 0 Å². The Hall–Kier alpha value is -1.81. The number of hydrogen-bond acceptors (Lipinski definition) is 3. The maximum Gasteiger partial charge on any atom is 0.131 e. The van der Waals surface area contributed by atoms with Crippen LogP contribution in [0.2, 0.25) is 0 Å². The quantitative estimate of drug-likeness (QED) is 0.824. The zero-order chi connectivity index (χ0) is 18.1. The molecule has 0 fully saturated rings. The second-order valence-corrected chi connectivity index (χ2v) is 6.85. The SMILES string of the molecule is CCC(=C(F)CO)c1cc2c(cc1OC)OC(C)(C)C(C(C)C)=C2. The summed E-state index contributed by atoms with van der Waals surface area (Å²) in [5.41, 5.74) is 2.82. The average molecular weight is 334 g/mol. The number of aliphatic hydroxyl groups excluding tert-OH is 1. The standard InChI is InChI=1S/C20H27FO3/c1-7-14(17(21)11-22)15-8-13-9-16(12(2)3)20(4,5)24-18(13)10-19(15)23-6/h8-10,12,22H,7,11H2,1-6H3. The fourth-order valence-electron chi connectivity index (χ4n) is 3.34. The molecule has 0 atom stereocenters. The normalized spacial score (nSPS) is 17.0. The number of hydrogen-bond donors (Lipinski definition) is 1. The fraction of sp³-hybridized carbons (Fsp3) is 0.500. The molecule has 2 rings (SSSR count). The van der Waals surface area contributed by atoms with Crippen LogP contribution in [0.3, 0.4) is 0 Å². The predicted octanol–water partition coefficient (Wildman–Crippen LogP) is 4.99. The summed E-state index contributed by atoms with van der Waals surface area (Å²) in [6.07, 6.45) is 2.59. The molecule has 1 aromatic rings. The average Bonchev–Trinajstić information content (AvgIpc) is 2.53. The molecule has 0 unspecified atom stereocenters. The summed E-state index contributed by atoms with van der Waals surface area (Å²) in [6.45, 7) is 9.61. The van der Waals surface area contributed by atoms with Crippen molar-refractivity contribution >= 4 is 11.6 Å². The van der Waals surface area contributed by atoms with Gasteiger partial charge in [0.05, 0.1) is 13.7 Å². The molecule has 0 spiro atoms. The summed E-state index contributed by atoms with van der Waals surface area (Å²) in [7, 11) is 1.55. The van der Waals surface area contributed by atoms with Crippen LogP contribution in [0.25, 0.3) is 11.6 Å². The van der Waals surface area contributed by atoms with Crippen molar-refractivity contribution in [2.75, 3.05) is 13.7 Å². The van der Waals surface area contributed by atoms with Crippen molar-refractivity contribution in [2.45, 2.75) is 46.6 Å². The lowest BCUT2D eigenvalue weighted by Crippen LogP contribution is -2.35. The lowest BCUT2D eigenvalue weighted by molar-refractivity contribution is 0.134. The number of fused-ring (bicyclic) bond motifs is 1. The smallest absolute Gasteiger partial charge is 0.131 e. The third kappa shape index (κ3) is 3.34. The van der Waals surface area contributed by atoms with Crippen LogP contribution >= 0.6 is 0 Å². The molecule has 1 N–H and O–H groups in total. The Kier molecular flexibility index (Phi) is 5.38. The van der Waals surface area contributed by atoms with E-state index in [9.17, 15) is 9.50 Å². The van der Waals surface area contributed by atoms with Crippen molar-refractivity contribution in [3.8, 4) is 11.5 Å². The lowest BCUT2D eigenvalue weighted by Gasteiger charge is -2.36. The van der Waals surface area contributed by atoms with Crippen LogP contribution in [0.4, 0.5) is 4.39 Å². The first kappa shape index (κ1) is 18.5. The van der Waals surface area contributed by atoms with Gasteiger partial charge in [0.1, 0.15) is 22.9 Å². The Morgan fingerprint density at radius 3 is 2.50 bits per heavy atom. The largest absolute Gasteiger partial charge is 0.496 e. The van der Waals surface area contributed by atoms with E-state index in [1.54, 1.807) is 13.2 Å². The van der Waals surface area contributed by atoms with Gasteiger partial charge in [0.25, 0.3) is 0 Å². The first-order valence-electron chi connectivity index (χ1n) is 8.37. The highest BCUT2D eigenvalue weighted by molar-refractivity contribution is 5.78. The zero-order valence-electron chi connectivity index (χ0n) is 15.4. The fourth-order valence-corrected chi connectivity index (χ4v) is 3.34. The van der Waals surface area contributed by atoms with Crippen LogP contribution in [-0.4, -0.2) is 24.4 Å². The van der Waals surface area contributed by atoms with Crippen molar-refractivity contribution in [3.63, 3.8) is 0 Å². The molecule has 0 radical (unpaired) electrons. The van der Waals surface area contributed by atoms with Gasteiger partial charge in [0, 0.05) is 17.2 Å². The molecule has 0 amide bonds. The topological polar surface area (TPSA) is 38.7 Å². The molecule has 0 saturated carbocycles. The van der Waals surface area contributed by atoms with Gasteiger partial charge >= 0.3 is 0 Å². The molecule has 3 nitrogen and oxygen atoms in total. The van der Waals surface area contributed by atoms with Gasteiger partial charge in [-0.3, -0.25) is 0 Å². The van der Waals surface area contributed by atoms with Gasteiger partial charge in [-0.15, -0.1) is 0 Å². The minimum absolute atomic E-state index is 0.342. The second kappa shape index (κ2) is 6.98. The van der Waals surface area contributed by atoms with E-state index in [1.165, 1.54) is 5.57 Å². The van der Waals surface area contributed by atoms with Crippen LogP contribution in [0.1, 0.15) is 52.2 Å². The van der Waals surface area contributed by atoms with Gasteiger partial charge in [0.15, 0.2) is 0 Å². The van der Waals surface area contributed by atoms with E-state index in [-0.39, 0.29) is 0 Å². The molecule has 132 valence electrons. The van der Waals surface area contributed by atoms with E-state index >= 15 is 0 Å². The van der Waals surface area contributed by atoms with Crippen LogP contribution in [0, 0.1) is 5.92 Å². The number of rotatable bonds is 5. The lowest BCUT2D eigenvalue weighted by atomic mass is 9.84. The van der Waals surface area contributed by atoms with E-state index in [2.05, 4.69) is 19.9 Å². The minimum Gasteiger partial charge on any atom is -0.496 e. The number of aliphatic hydroxyl groups is 1. The Morgan fingerprint density at radius 1 is 1.33 bits per heavy atom. The van der Waals surface area contributed by atoms with Crippen LogP contribution in [0.5, 0.6) is 11.5 Å². The highest BCUT2D eigenvalue weighted by Crippen LogP contribution is 2.43. The van der Waals surface area contributed by atoms with E-state index in [1.807, 2.05) is 26.8 Å². The highest BCUT2D eigenvalue weighted by atomic mass is 19.1. The number of allylic oxidation sites excluding steroid dienone is 1. The maximum atomic E-state index is 14.1. The van der Waals surface area contributed by atoms with Crippen molar-refractivity contribution in [2.24, 2.45) is 5.92 Å². The number of methoxy groups -OCH3 is 1. The molecular formula is C20H27FO3. The van der Waals surface area contributed by atoms with Crippen molar-refractivity contribution < 1.29 is 19.0 Å². The predicted molar refractivity (Wildman–Crippen MR) is 95.9 cm³/mol. The molecule has 1 aliphatic rings. The molecule has 0 saturated heterocycles. The summed E-state index contributed by atoms with van der Waals surface area (Å²) < 4.78 is 25.7. The van der Waals surface area contributed by atoms with Gasteiger partial charge in [-0.2, -0.15) is 0 Å². The minimum atomic E-state index is -0.611. The van der Waals surface area contributed by atoms with Crippen LogP contribution in [0.15, 0.2) is 23.5 Å². The van der Waals surface area contributed by atoms with E-state index in [0.29, 0.717) is 29.2 Å². The number of ether oxygens (including phenoxy) is 2. The summed E-state index contributed by atoms with van der Waals surface area (Å²) in [5, 5.41) is 9.17. The third-order valence-corrected chi connectivity index (χ3v) is 4.47. The van der Waals surface area contributed by atoms with E-state index in [4.69, 9.17) is 9.47 Å². The van der Waals surface area contributed by atoms with Crippen LogP contribution < -0.4 is 9.47 Å². The first-order valence-corrected chi connectivity index (χ1v) is 8.37. The zero-order valence-corrected chi connectivity index (χ0v) is 15.4. The highest BCUT2D eigenvalue weighted by Gasteiger charge is 2.32. The van der Waals surface area contributed by atoms with E-state index in [0.717, 1.165) is 11.3 Å². The van der Waals surface area contributed by atoms with Gasteiger partial charge in [-0.25, -0.2) is 4.39 Å². The molecule has 0 bridgehead atoms. The maximum absolute atomic E-state index is 14.1. The second-order valence-electron chi connectivity index (χ2n) is 6.85. The number of benzene rings is 1. The Balaban J connectivity index is 2.68. The molecule has 1 aromatic carbocycles. The Morgan fingerprint density at radius 2 is 2.00 bits per heavy atom. The van der Waals surface area contributed by atoms with Crippen molar-refractivity contribution in [1.29, 1.82) is 0 Å². The summed E-state index contributed by atoms with van der Waals surface area (Å²) in [6, 6.07) is 3.69. The molecular weight excluding hydrogens is 307 g/mol. The van der Waals surface area contributed by atoms with Crippen molar-refractivity contribution in [3.05, 3.63) is 34.7 Å². The van der Waals surface area contributed by atoms with Gasteiger partial charge < -0.3 is 14.6 Å². The van der Waals surface area contributed by atoms with Gasteiger partial charge in [-0.1, -0.05) is 20.8 Å². The molecule has 0 aromatic heterocycles. The van der Waals surface area contributed by atoms with Gasteiger partial charge in [-0.05, 0) is 49.5 Å². The van der Waals surface area contributed by atoms with Gasteiger partial charge in [0.2, 0.25) is 0 Å². The molecule has 1 heterocycles. The van der Waals surface area contributed by atoms with E-state index < -0.39 is 18.0 Å². The molecule has 1 aliphatic heterocycles.